The lowest BCUT2D eigenvalue weighted by molar-refractivity contribution is -0.134. The summed E-state index contributed by atoms with van der Waals surface area (Å²) in [7, 11) is -3.17. The van der Waals surface area contributed by atoms with Crippen molar-refractivity contribution in [1.29, 1.82) is 0 Å². The van der Waals surface area contributed by atoms with Gasteiger partial charge in [-0.05, 0) is 31.1 Å². The molecular formula is C16H31N3O3S. The predicted octanol–water partition coefficient (Wildman–Crippen LogP) is 1.07. The molecule has 1 amide bonds. The summed E-state index contributed by atoms with van der Waals surface area (Å²) in [5, 5.41) is 0. The molecule has 0 spiro atoms. The second kappa shape index (κ2) is 8.44. The van der Waals surface area contributed by atoms with Gasteiger partial charge < -0.3 is 10.6 Å². The lowest BCUT2D eigenvalue weighted by atomic mass is 9.84. The molecule has 0 aromatic rings. The zero-order valence-electron chi connectivity index (χ0n) is 14.2. The fraction of sp³-hybridized carbons (Fsp3) is 0.938. The third kappa shape index (κ3) is 6.39. The van der Waals surface area contributed by atoms with Crippen LogP contribution in [0.15, 0.2) is 0 Å². The SMILES string of the molecule is CS(=O)(=O)NCC1CCCN(C(=O)C(N)CC2CCCCC2)C1. The van der Waals surface area contributed by atoms with Crippen LogP contribution in [0.2, 0.25) is 0 Å². The Morgan fingerprint density at radius 2 is 1.83 bits per heavy atom. The van der Waals surface area contributed by atoms with E-state index in [9.17, 15) is 13.2 Å². The minimum absolute atomic E-state index is 0.0413. The van der Waals surface area contributed by atoms with Crippen LogP contribution in [0.3, 0.4) is 0 Å². The van der Waals surface area contributed by atoms with Gasteiger partial charge in [0.15, 0.2) is 0 Å². The van der Waals surface area contributed by atoms with E-state index < -0.39 is 16.1 Å². The maximum atomic E-state index is 12.6. The van der Waals surface area contributed by atoms with Gasteiger partial charge in [-0.15, -0.1) is 0 Å². The Kier molecular flexibility index (Phi) is 6.85. The van der Waals surface area contributed by atoms with Crippen LogP contribution in [-0.4, -0.2) is 51.2 Å². The van der Waals surface area contributed by atoms with Crippen LogP contribution in [0, 0.1) is 11.8 Å². The summed E-state index contributed by atoms with van der Waals surface area (Å²) in [4.78, 5) is 14.4. The Bertz CT molecular complexity index is 489. The van der Waals surface area contributed by atoms with Crippen molar-refractivity contribution >= 4 is 15.9 Å². The van der Waals surface area contributed by atoms with E-state index in [4.69, 9.17) is 5.73 Å². The van der Waals surface area contributed by atoms with Crippen molar-refractivity contribution in [2.24, 2.45) is 17.6 Å². The molecule has 1 aliphatic carbocycles. The highest BCUT2D eigenvalue weighted by Gasteiger charge is 2.29. The summed E-state index contributed by atoms with van der Waals surface area (Å²) >= 11 is 0. The number of hydrogen-bond donors (Lipinski definition) is 2. The van der Waals surface area contributed by atoms with Gasteiger partial charge in [-0.3, -0.25) is 4.79 Å². The van der Waals surface area contributed by atoms with Gasteiger partial charge in [-0.25, -0.2) is 13.1 Å². The van der Waals surface area contributed by atoms with Crippen molar-refractivity contribution in [2.75, 3.05) is 25.9 Å². The van der Waals surface area contributed by atoms with Crippen molar-refractivity contribution < 1.29 is 13.2 Å². The first-order valence-electron chi connectivity index (χ1n) is 8.84. The monoisotopic (exact) mass is 345 g/mol. The normalized spacial score (nSPS) is 25.3. The number of nitrogens with one attached hydrogen (secondary N) is 1. The van der Waals surface area contributed by atoms with Crippen molar-refractivity contribution in [3.8, 4) is 0 Å². The number of amides is 1. The molecule has 134 valence electrons. The van der Waals surface area contributed by atoms with E-state index in [0.29, 0.717) is 19.0 Å². The summed E-state index contributed by atoms with van der Waals surface area (Å²) < 4.78 is 25.0. The number of nitrogens with zero attached hydrogens (tertiary/aromatic N) is 1. The van der Waals surface area contributed by atoms with E-state index in [-0.39, 0.29) is 11.8 Å². The molecule has 7 heteroatoms. The minimum atomic E-state index is -3.17. The Morgan fingerprint density at radius 3 is 2.48 bits per heavy atom. The van der Waals surface area contributed by atoms with Crippen molar-refractivity contribution in [1.82, 2.24) is 9.62 Å². The van der Waals surface area contributed by atoms with Gasteiger partial charge in [0.05, 0.1) is 12.3 Å². The molecule has 0 aromatic heterocycles. The molecular weight excluding hydrogens is 314 g/mol. The van der Waals surface area contributed by atoms with E-state index >= 15 is 0 Å². The molecule has 2 unspecified atom stereocenters. The molecule has 0 bridgehead atoms. The van der Waals surface area contributed by atoms with Crippen molar-refractivity contribution in [2.45, 2.75) is 57.4 Å². The van der Waals surface area contributed by atoms with Crippen LogP contribution in [0.1, 0.15) is 51.4 Å². The Morgan fingerprint density at radius 1 is 1.17 bits per heavy atom. The first-order valence-corrected chi connectivity index (χ1v) is 10.7. The van der Waals surface area contributed by atoms with Crippen molar-refractivity contribution in [3.63, 3.8) is 0 Å². The average Bonchev–Trinajstić information content (AvgIpc) is 2.53. The number of carbonyl (C=O) groups excluding carboxylic acids is 1. The lowest BCUT2D eigenvalue weighted by Crippen LogP contribution is -2.50. The Hall–Kier alpha value is -0.660. The second-order valence-electron chi connectivity index (χ2n) is 7.26. The Balaban J connectivity index is 1.80. The molecule has 0 aromatic carbocycles. The van der Waals surface area contributed by atoms with Gasteiger partial charge in [0.2, 0.25) is 15.9 Å². The first kappa shape index (κ1) is 18.7. The largest absolute Gasteiger partial charge is 0.341 e. The quantitative estimate of drug-likeness (QED) is 0.753. The molecule has 2 aliphatic rings. The highest BCUT2D eigenvalue weighted by molar-refractivity contribution is 7.88. The summed E-state index contributed by atoms with van der Waals surface area (Å²) in [6.07, 6.45) is 10.0. The number of likely N-dealkylation sites (tertiary alicyclic amines) is 1. The third-order valence-corrected chi connectivity index (χ3v) is 5.79. The first-order chi connectivity index (χ1) is 10.8. The van der Waals surface area contributed by atoms with Crippen LogP contribution in [0.25, 0.3) is 0 Å². The molecule has 1 saturated heterocycles. The molecule has 2 fully saturated rings. The zero-order chi connectivity index (χ0) is 16.9. The van der Waals surface area contributed by atoms with E-state index in [2.05, 4.69) is 4.72 Å². The predicted molar refractivity (Wildman–Crippen MR) is 91.3 cm³/mol. The molecule has 3 N–H and O–H groups in total. The highest BCUT2D eigenvalue weighted by Crippen LogP contribution is 2.27. The number of nitrogens with two attached hydrogens (primary N) is 1. The van der Waals surface area contributed by atoms with Gasteiger partial charge >= 0.3 is 0 Å². The van der Waals surface area contributed by atoms with Gasteiger partial charge in [0.1, 0.15) is 0 Å². The zero-order valence-corrected chi connectivity index (χ0v) is 15.0. The molecule has 23 heavy (non-hydrogen) atoms. The van der Waals surface area contributed by atoms with Gasteiger partial charge in [-0.2, -0.15) is 0 Å². The molecule has 6 nitrogen and oxygen atoms in total. The molecule has 1 saturated carbocycles. The summed E-state index contributed by atoms with van der Waals surface area (Å²) in [5.74, 6) is 0.819. The maximum Gasteiger partial charge on any atom is 0.239 e. The van der Waals surface area contributed by atoms with Gasteiger partial charge in [0, 0.05) is 19.6 Å². The smallest absolute Gasteiger partial charge is 0.239 e. The van der Waals surface area contributed by atoms with E-state index in [0.717, 1.165) is 25.8 Å². The molecule has 2 atom stereocenters. The number of carbonyl (C=O) groups is 1. The van der Waals surface area contributed by atoms with E-state index in [1.54, 1.807) is 0 Å². The van der Waals surface area contributed by atoms with E-state index in [1.807, 2.05) is 4.90 Å². The topological polar surface area (TPSA) is 92.5 Å². The fourth-order valence-electron chi connectivity index (χ4n) is 3.82. The average molecular weight is 346 g/mol. The van der Waals surface area contributed by atoms with Gasteiger partial charge in [0.25, 0.3) is 0 Å². The van der Waals surface area contributed by atoms with E-state index in [1.165, 1.54) is 38.4 Å². The van der Waals surface area contributed by atoms with Crippen LogP contribution in [-0.2, 0) is 14.8 Å². The number of piperidine rings is 1. The number of rotatable bonds is 6. The Labute approximate surface area is 140 Å². The van der Waals surface area contributed by atoms with Crippen LogP contribution in [0.5, 0.6) is 0 Å². The molecule has 1 heterocycles. The molecule has 1 aliphatic heterocycles. The lowest BCUT2D eigenvalue weighted by Gasteiger charge is -2.35. The summed E-state index contributed by atoms with van der Waals surface area (Å²) in [6, 6.07) is -0.403. The summed E-state index contributed by atoms with van der Waals surface area (Å²) in [6.45, 7) is 1.76. The van der Waals surface area contributed by atoms with Crippen LogP contribution in [0.4, 0.5) is 0 Å². The fourth-order valence-corrected chi connectivity index (χ4v) is 4.36. The number of sulfonamides is 1. The summed E-state index contributed by atoms with van der Waals surface area (Å²) in [5.41, 5.74) is 6.16. The maximum absolute atomic E-state index is 12.6. The highest BCUT2D eigenvalue weighted by atomic mass is 32.2. The number of hydrogen-bond acceptors (Lipinski definition) is 4. The minimum Gasteiger partial charge on any atom is -0.341 e. The van der Waals surface area contributed by atoms with Crippen LogP contribution < -0.4 is 10.5 Å². The molecule has 0 radical (unpaired) electrons. The van der Waals surface area contributed by atoms with Crippen molar-refractivity contribution in [3.05, 3.63) is 0 Å². The standard InChI is InChI=1S/C16H31N3O3S/c1-23(21,22)18-11-14-8-5-9-19(12-14)16(20)15(17)10-13-6-3-2-4-7-13/h13-15,18H,2-12,17H2,1H3. The third-order valence-electron chi connectivity index (χ3n) is 5.09. The second-order valence-corrected chi connectivity index (χ2v) is 9.09. The van der Waals surface area contributed by atoms with Gasteiger partial charge in [-0.1, -0.05) is 32.1 Å². The molecule has 2 rings (SSSR count). The van der Waals surface area contributed by atoms with Crippen LogP contribution >= 0.6 is 0 Å².